The number of aryl methyl sites for hydroxylation is 3. The summed E-state index contributed by atoms with van der Waals surface area (Å²) in [5, 5.41) is 2.78. The van der Waals surface area contributed by atoms with Gasteiger partial charge in [-0.2, -0.15) is 0 Å². The molecule has 1 unspecified atom stereocenters. The van der Waals surface area contributed by atoms with Crippen molar-refractivity contribution >= 4 is 11.7 Å². The molecule has 2 heterocycles. The van der Waals surface area contributed by atoms with Gasteiger partial charge in [0.05, 0.1) is 24.7 Å². The van der Waals surface area contributed by atoms with Crippen LogP contribution < -0.4 is 10.1 Å². The van der Waals surface area contributed by atoms with Crippen molar-refractivity contribution < 1.29 is 18.3 Å². The lowest BCUT2D eigenvalue weighted by Gasteiger charge is -2.27. The molecule has 1 amide bonds. The predicted molar refractivity (Wildman–Crippen MR) is 112 cm³/mol. The van der Waals surface area contributed by atoms with Crippen LogP contribution in [-0.2, 0) is 4.79 Å². The van der Waals surface area contributed by atoms with Gasteiger partial charge < -0.3 is 10.1 Å². The first kappa shape index (κ1) is 21.1. The molecule has 0 saturated heterocycles. The normalized spacial score (nSPS) is 24.5. The molecule has 0 bridgehead atoms. The minimum atomic E-state index is -0.482. The summed E-state index contributed by atoms with van der Waals surface area (Å²) in [5.41, 5.74) is 0.645. The second kappa shape index (κ2) is 8.17. The number of nitrogens with one attached hydrogen (secondary N) is 1. The summed E-state index contributed by atoms with van der Waals surface area (Å²) in [5.74, 6) is 0.232. The summed E-state index contributed by atoms with van der Waals surface area (Å²) < 4.78 is 33.1. The van der Waals surface area contributed by atoms with Crippen LogP contribution in [0.3, 0.4) is 0 Å². The van der Waals surface area contributed by atoms with Crippen LogP contribution in [-0.4, -0.2) is 27.5 Å². The number of aromatic nitrogens is 3. The highest BCUT2D eigenvalue weighted by molar-refractivity contribution is 5.94. The minimum absolute atomic E-state index is 0.0441. The number of anilines is 1. The van der Waals surface area contributed by atoms with Crippen LogP contribution in [0.4, 0.5) is 14.6 Å². The first-order valence-corrected chi connectivity index (χ1v) is 10.2. The number of nitrogens with zero attached hydrogens (tertiary/aromatic N) is 3. The van der Waals surface area contributed by atoms with Crippen molar-refractivity contribution in [2.75, 3.05) is 11.9 Å². The summed E-state index contributed by atoms with van der Waals surface area (Å²) in [6.45, 7) is 5.54. The van der Waals surface area contributed by atoms with Crippen molar-refractivity contribution in [3.05, 3.63) is 65.4 Å². The van der Waals surface area contributed by atoms with E-state index in [2.05, 4.69) is 20.3 Å². The van der Waals surface area contributed by atoms with E-state index in [1.54, 1.807) is 20.0 Å². The third-order valence-electron chi connectivity index (χ3n) is 6.08. The van der Waals surface area contributed by atoms with Gasteiger partial charge >= 0.3 is 0 Å². The van der Waals surface area contributed by atoms with E-state index >= 15 is 0 Å². The second-order valence-corrected chi connectivity index (χ2v) is 8.24. The Morgan fingerprint density at radius 3 is 2.74 bits per heavy atom. The van der Waals surface area contributed by atoms with Gasteiger partial charge in [-0.25, -0.2) is 23.7 Å². The topological polar surface area (TPSA) is 77.0 Å². The molecule has 1 N–H and O–H groups in total. The Bertz CT molecular complexity index is 1090. The van der Waals surface area contributed by atoms with Gasteiger partial charge in [0.25, 0.3) is 0 Å². The summed E-state index contributed by atoms with van der Waals surface area (Å²) in [4.78, 5) is 25.4. The molecule has 2 aromatic heterocycles. The Hall–Kier alpha value is -3.16. The van der Waals surface area contributed by atoms with Gasteiger partial charge in [-0.3, -0.25) is 4.79 Å². The third-order valence-corrected chi connectivity index (χ3v) is 6.08. The molecule has 8 heteroatoms. The van der Waals surface area contributed by atoms with Gasteiger partial charge in [0, 0.05) is 11.3 Å². The Labute approximate surface area is 179 Å². The molecule has 6 nitrogen and oxygen atoms in total. The standard InChI is InChI=1S/C23H24F2N4O2/c1-13-8-21(27-10-19(13)25)29-22(30)18-9-23(18,16-4-6-17(24)7-5-16)12-31-20-11-26-15(3)28-14(20)2/h4,6-8,10-11,16,18H,5,9,12H2,1-3H3,(H,27,29,30)/t16?,18-,23+/m0/s1. The summed E-state index contributed by atoms with van der Waals surface area (Å²) in [6.07, 6.45) is 8.59. The van der Waals surface area contributed by atoms with Crippen molar-refractivity contribution in [3.63, 3.8) is 0 Å². The number of carbonyl (C=O) groups excluding carboxylic acids is 1. The van der Waals surface area contributed by atoms with Crippen molar-refractivity contribution in [1.29, 1.82) is 0 Å². The lowest BCUT2D eigenvalue weighted by molar-refractivity contribution is -0.118. The SMILES string of the molecule is Cc1ncc(OC[C@@]2(C3C=CC(F)=CC3)C[C@H]2C(=O)Nc2cc(C)c(F)cn2)c(C)n1. The van der Waals surface area contributed by atoms with Gasteiger partial charge in [-0.05, 0) is 63.3 Å². The lowest BCUT2D eigenvalue weighted by Crippen LogP contribution is -2.29. The number of pyridine rings is 1. The molecule has 0 spiro atoms. The smallest absolute Gasteiger partial charge is 0.229 e. The predicted octanol–water partition coefficient (Wildman–Crippen LogP) is 4.39. The molecule has 0 aliphatic heterocycles. The first-order valence-electron chi connectivity index (χ1n) is 10.2. The van der Waals surface area contributed by atoms with Crippen LogP contribution in [0.25, 0.3) is 0 Å². The molecule has 31 heavy (non-hydrogen) atoms. The quantitative estimate of drug-likeness (QED) is 0.741. The molecule has 4 rings (SSSR count). The highest BCUT2D eigenvalue weighted by Crippen LogP contribution is 2.60. The van der Waals surface area contributed by atoms with E-state index in [1.807, 2.05) is 13.0 Å². The third kappa shape index (κ3) is 4.33. The average Bonchev–Trinajstić information content (AvgIpc) is 3.46. The molecule has 162 valence electrons. The van der Waals surface area contributed by atoms with Gasteiger partial charge in [-0.1, -0.05) is 6.08 Å². The molecule has 1 saturated carbocycles. The molecule has 1 fully saturated rings. The number of hydrogen-bond donors (Lipinski definition) is 1. The maximum absolute atomic E-state index is 13.5. The van der Waals surface area contributed by atoms with Gasteiger partial charge in [0.15, 0.2) is 5.75 Å². The zero-order valence-electron chi connectivity index (χ0n) is 17.7. The monoisotopic (exact) mass is 426 g/mol. The zero-order valence-corrected chi connectivity index (χ0v) is 17.7. The number of ether oxygens (including phenoxy) is 1. The number of carbonyl (C=O) groups is 1. The van der Waals surface area contributed by atoms with Gasteiger partial charge in [-0.15, -0.1) is 0 Å². The van der Waals surface area contributed by atoms with Crippen LogP contribution in [0.5, 0.6) is 5.75 Å². The van der Waals surface area contributed by atoms with Crippen LogP contribution >= 0.6 is 0 Å². The summed E-state index contributed by atoms with van der Waals surface area (Å²) >= 11 is 0. The number of amides is 1. The molecular weight excluding hydrogens is 402 g/mol. The lowest BCUT2D eigenvalue weighted by atomic mass is 9.82. The Morgan fingerprint density at radius 1 is 1.26 bits per heavy atom. The molecule has 0 aromatic carbocycles. The Balaban J connectivity index is 1.52. The van der Waals surface area contributed by atoms with E-state index in [1.165, 1.54) is 18.2 Å². The van der Waals surface area contributed by atoms with Crippen LogP contribution in [0.15, 0.2) is 42.5 Å². The molecule has 3 atom stereocenters. The summed E-state index contributed by atoms with van der Waals surface area (Å²) in [6, 6.07) is 1.50. The number of halogens is 2. The van der Waals surface area contributed by atoms with Crippen molar-refractivity contribution in [2.24, 2.45) is 17.3 Å². The second-order valence-electron chi connectivity index (χ2n) is 8.24. The summed E-state index contributed by atoms with van der Waals surface area (Å²) in [7, 11) is 0. The first-order chi connectivity index (χ1) is 14.8. The fourth-order valence-electron chi connectivity index (χ4n) is 4.12. The van der Waals surface area contributed by atoms with Crippen LogP contribution in [0.2, 0.25) is 0 Å². The number of allylic oxidation sites excluding steroid dienone is 4. The van der Waals surface area contributed by atoms with Gasteiger partial charge in [0.1, 0.15) is 23.3 Å². The fourth-order valence-corrected chi connectivity index (χ4v) is 4.12. The maximum atomic E-state index is 13.5. The van der Waals surface area contributed by atoms with Crippen molar-refractivity contribution in [1.82, 2.24) is 15.0 Å². The molecule has 2 aliphatic rings. The average molecular weight is 426 g/mol. The molecular formula is C23H24F2N4O2. The Morgan fingerprint density at radius 2 is 2.06 bits per heavy atom. The molecule has 2 aromatic rings. The van der Waals surface area contributed by atoms with Crippen LogP contribution in [0.1, 0.15) is 29.9 Å². The fraction of sp³-hybridized carbons (Fsp3) is 0.391. The van der Waals surface area contributed by atoms with E-state index in [9.17, 15) is 13.6 Å². The van der Waals surface area contributed by atoms with Crippen LogP contribution in [0, 0.1) is 43.8 Å². The van der Waals surface area contributed by atoms with E-state index in [-0.39, 0.29) is 30.2 Å². The largest absolute Gasteiger partial charge is 0.489 e. The zero-order chi connectivity index (χ0) is 22.2. The number of hydrogen-bond acceptors (Lipinski definition) is 5. The molecule has 2 aliphatic carbocycles. The van der Waals surface area contributed by atoms with E-state index in [4.69, 9.17) is 4.74 Å². The molecule has 0 radical (unpaired) electrons. The van der Waals surface area contributed by atoms with Crippen molar-refractivity contribution in [2.45, 2.75) is 33.6 Å². The van der Waals surface area contributed by atoms with E-state index < -0.39 is 11.2 Å². The van der Waals surface area contributed by atoms with Crippen molar-refractivity contribution in [3.8, 4) is 5.75 Å². The highest BCUT2D eigenvalue weighted by atomic mass is 19.1. The maximum Gasteiger partial charge on any atom is 0.229 e. The Kier molecular flexibility index (Phi) is 5.56. The minimum Gasteiger partial charge on any atom is -0.489 e. The van der Waals surface area contributed by atoms with E-state index in [0.29, 0.717) is 35.8 Å². The van der Waals surface area contributed by atoms with E-state index in [0.717, 1.165) is 11.9 Å². The number of rotatable bonds is 6. The highest BCUT2D eigenvalue weighted by Gasteiger charge is 2.62. The van der Waals surface area contributed by atoms with Gasteiger partial charge in [0.2, 0.25) is 5.91 Å².